The topological polar surface area (TPSA) is 66.8 Å². The van der Waals surface area contributed by atoms with Gasteiger partial charge in [0, 0.05) is 26.6 Å². The summed E-state index contributed by atoms with van der Waals surface area (Å²) in [5, 5.41) is 8.79. The van der Waals surface area contributed by atoms with Gasteiger partial charge in [0.25, 0.3) is 0 Å². The maximum atomic E-state index is 12.0. The molecule has 1 fully saturated rings. The molecule has 1 unspecified atom stereocenters. The Morgan fingerprint density at radius 3 is 2.56 bits per heavy atom. The van der Waals surface area contributed by atoms with Gasteiger partial charge in [-0.3, -0.25) is 9.59 Å². The lowest BCUT2D eigenvalue weighted by Gasteiger charge is -2.26. The van der Waals surface area contributed by atoms with E-state index >= 15 is 0 Å². The molecule has 5 nitrogen and oxygen atoms in total. The second-order valence-electron chi connectivity index (χ2n) is 5.82. The number of carbonyl (C=O) groups excluding carboxylic acids is 1. The van der Waals surface area contributed by atoms with Crippen molar-refractivity contribution in [3.05, 3.63) is 0 Å². The zero-order valence-electron chi connectivity index (χ0n) is 11.4. The number of carbonyl (C=O) groups is 2. The zero-order valence-corrected chi connectivity index (χ0v) is 11.4. The van der Waals surface area contributed by atoms with Crippen molar-refractivity contribution < 1.29 is 19.4 Å². The number of likely N-dealkylation sites (N-methyl/N-ethyl adjacent to an activating group) is 1. The second-order valence-corrected chi connectivity index (χ2v) is 5.82. The molecule has 1 rings (SSSR count). The summed E-state index contributed by atoms with van der Waals surface area (Å²) in [4.78, 5) is 24.4. The van der Waals surface area contributed by atoms with Gasteiger partial charge < -0.3 is 14.7 Å². The molecule has 1 amide bonds. The first-order valence-electron chi connectivity index (χ1n) is 6.37. The van der Waals surface area contributed by atoms with Crippen molar-refractivity contribution in [2.45, 2.75) is 45.6 Å². The van der Waals surface area contributed by atoms with Gasteiger partial charge in [-0.05, 0) is 18.3 Å². The average molecular weight is 257 g/mol. The summed E-state index contributed by atoms with van der Waals surface area (Å²) in [5.74, 6) is -0.883. The smallest absolute Gasteiger partial charge is 0.303 e. The molecule has 104 valence electrons. The van der Waals surface area contributed by atoms with Gasteiger partial charge >= 0.3 is 5.97 Å². The fraction of sp³-hybridized carbons (Fsp3) is 0.846. The van der Waals surface area contributed by atoms with E-state index in [2.05, 4.69) is 0 Å². The number of hydrogen-bond acceptors (Lipinski definition) is 3. The molecule has 1 aliphatic rings. The first-order chi connectivity index (χ1) is 8.30. The minimum absolute atomic E-state index is 0.00646. The largest absolute Gasteiger partial charge is 0.481 e. The Kier molecular flexibility index (Phi) is 5.14. The maximum Gasteiger partial charge on any atom is 0.303 e. The summed E-state index contributed by atoms with van der Waals surface area (Å²) in [7, 11) is 1.75. The molecule has 0 aromatic carbocycles. The molecule has 18 heavy (non-hydrogen) atoms. The third kappa shape index (κ3) is 5.04. The molecule has 0 spiro atoms. The minimum atomic E-state index is -0.866. The molecule has 1 heterocycles. The van der Waals surface area contributed by atoms with Gasteiger partial charge in [0.2, 0.25) is 5.91 Å². The van der Waals surface area contributed by atoms with Crippen LogP contribution in [0, 0.1) is 5.41 Å². The van der Waals surface area contributed by atoms with E-state index in [1.807, 2.05) is 0 Å². The van der Waals surface area contributed by atoms with Gasteiger partial charge in [0.1, 0.15) is 0 Å². The van der Waals surface area contributed by atoms with Gasteiger partial charge in [0.15, 0.2) is 0 Å². The summed E-state index contributed by atoms with van der Waals surface area (Å²) in [6.45, 7) is 4.98. The summed E-state index contributed by atoms with van der Waals surface area (Å²) in [6, 6.07) is 0. The van der Waals surface area contributed by atoms with E-state index in [1.54, 1.807) is 25.8 Å². The molecular weight excluding hydrogens is 234 g/mol. The fourth-order valence-corrected chi connectivity index (χ4v) is 2.21. The van der Waals surface area contributed by atoms with Crippen molar-refractivity contribution >= 4 is 11.9 Å². The van der Waals surface area contributed by atoms with Crippen molar-refractivity contribution in [2.24, 2.45) is 5.41 Å². The molecule has 0 radical (unpaired) electrons. The molecule has 1 atom stereocenters. The monoisotopic (exact) mass is 257 g/mol. The van der Waals surface area contributed by atoms with Crippen molar-refractivity contribution in [3.63, 3.8) is 0 Å². The quantitative estimate of drug-likeness (QED) is 0.783. The number of carboxylic acid groups (broad SMARTS) is 1. The van der Waals surface area contributed by atoms with Gasteiger partial charge in [0.05, 0.1) is 12.5 Å². The Bertz CT molecular complexity index is 308. The third-order valence-corrected chi connectivity index (χ3v) is 3.19. The van der Waals surface area contributed by atoms with Crippen LogP contribution in [0.5, 0.6) is 0 Å². The van der Waals surface area contributed by atoms with Crippen molar-refractivity contribution in [1.29, 1.82) is 0 Å². The highest BCUT2D eigenvalue weighted by molar-refractivity contribution is 5.77. The van der Waals surface area contributed by atoms with E-state index in [-0.39, 0.29) is 24.9 Å². The van der Waals surface area contributed by atoms with E-state index in [4.69, 9.17) is 9.84 Å². The molecule has 0 aromatic heterocycles. The Balaban J connectivity index is 2.40. The van der Waals surface area contributed by atoms with E-state index in [0.29, 0.717) is 6.54 Å². The van der Waals surface area contributed by atoms with Crippen molar-refractivity contribution in [3.8, 4) is 0 Å². The van der Waals surface area contributed by atoms with Gasteiger partial charge in [-0.1, -0.05) is 13.8 Å². The number of aliphatic carboxylic acids is 1. The highest BCUT2D eigenvalue weighted by atomic mass is 16.5. The lowest BCUT2D eigenvalue weighted by atomic mass is 9.85. The summed E-state index contributed by atoms with van der Waals surface area (Å²) in [5.41, 5.74) is -0.506. The number of carboxylic acids is 1. The van der Waals surface area contributed by atoms with Crippen molar-refractivity contribution in [1.82, 2.24) is 4.90 Å². The molecule has 1 N–H and O–H groups in total. The van der Waals surface area contributed by atoms with Gasteiger partial charge in [-0.25, -0.2) is 0 Å². The molecule has 0 aliphatic carbocycles. The molecule has 1 saturated heterocycles. The number of amides is 1. The van der Waals surface area contributed by atoms with Crippen LogP contribution in [0.3, 0.4) is 0 Å². The average Bonchev–Trinajstić information content (AvgIpc) is 2.67. The highest BCUT2D eigenvalue weighted by Crippen LogP contribution is 2.26. The van der Waals surface area contributed by atoms with Crippen LogP contribution in [-0.4, -0.2) is 48.2 Å². The number of rotatable bonds is 6. The van der Waals surface area contributed by atoms with E-state index in [0.717, 1.165) is 19.4 Å². The lowest BCUT2D eigenvalue weighted by molar-refractivity contribution is -0.140. The van der Waals surface area contributed by atoms with Crippen LogP contribution >= 0.6 is 0 Å². The first-order valence-corrected chi connectivity index (χ1v) is 6.37. The zero-order chi connectivity index (χ0) is 13.8. The van der Waals surface area contributed by atoms with Crippen molar-refractivity contribution in [2.75, 3.05) is 20.2 Å². The standard InChI is InChI=1S/C13H23NO4/c1-13(2,8-12(16)17)7-11(15)14(3)9-10-5-4-6-18-10/h10H,4-9H2,1-3H3,(H,16,17). The van der Waals surface area contributed by atoms with Crippen LogP contribution in [0.2, 0.25) is 0 Å². The van der Waals surface area contributed by atoms with Crippen LogP contribution in [-0.2, 0) is 14.3 Å². The second kappa shape index (κ2) is 6.18. The van der Waals surface area contributed by atoms with Gasteiger partial charge in [-0.15, -0.1) is 0 Å². The summed E-state index contributed by atoms with van der Waals surface area (Å²) in [6.07, 6.45) is 2.45. The molecular formula is C13H23NO4. The predicted octanol–water partition coefficient (Wildman–Crippen LogP) is 1.51. The SMILES string of the molecule is CN(CC1CCCO1)C(=O)CC(C)(C)CC(=O)O. The molecule has 0 saturated carbocycles. The van der Waals surface area contributed by atoms with E-state index in [1.165, 1.54) is 0 Å². The van der Waals surface area contributed by atoms with Crippen LogP contribution in [0.25, 0.3) is 0 Å². The molecule has 0 aromatic rings. The summed E-state index contributed by atoms with van der Waals surface area (Å²) >= 11 is 0. The minimum Gasteiger partial charge on any atom is -0.481 e. The van der Waals surface area contributed by atoms with Crippen LogP contribution in [0.15, 0.2) is 0 Å². The Morgan fingerprint density at radius 1 is 1.39 bits per heavy atom. The fourth-order valence-electron chi connectivity index (χ4n) is 2.21. The van der Waals surface area contributed by atoms with E-state index in [9.17, 15) is 9.59 Å². The van der Waals surface area contributed by atoms with E-state index < -0.39 is 11.4 Å². The van der Waals surface area contributed by atoms with Crippen LogP contribution in [0.4, 0.5) is 0 Å². The van der Waals surface area contributed by atoms with Crippen LogP contribution in [0.1, 0.15) is 39.5 Å². The Labute approximate surface area is 108 Å². The number of ether oxygens (including phenoxy) is 1. The normalized spacial score (nSPS) is 19.8. The third-order valence-electron chi connectivity index (χ3n) is 3.19. The lowest BCUT2D eigenvalue weighted by Crippen LogP contribution is -2.36. The molecule has 5 heteroatoms. The number of hydrogen-bond donors (Lipinski definition) is 1. The summed E-state index contributed by atoms with van der Waals surface area (Å²) < 4.78 is 5.48. The molecule has 0 bridgehead atoms. The highest BCUT2D eigenvalue weighted by Gasteiger charge is 2.28. The Hall–Kier alpha value is -1.10. The molecule has 1 aliphatic heterocycles. The predicted molar refractivity (Wildman–Crippen MR) is 67.3 cm³/mol. The van der Waals surface area contributed by atoms with Gasteiger partial charge in [-0.2, -0.15) is 0 Å². The Morgan fingerprint density at radius 2 is 2.06 bits per heavy atom. The maximum absolute atomic E-state index is 12.0. The number of nitrogens with zero attached hydrogens (tertiary/aromatic N) is 1. The first kappa shape index (κ1) is 15.0. The van der Waals surface area contributed by atoms with Crippen LogP contribution < -0.4 is 0 Å².